The molecule has 0 spiro atoms. The van der Waals surface area contributed by atoms with Gasteiger partial charge in [0.25, 0.3) is 0 Å². The summed E-state index contributed by atoms with van der Waals surface area (Å²) in [5.41, 5.74) is 2.15. The number of hydrogen-bond acceptors (Lipinski definition) is 2. The smallest absolute Gasteiger partial charge is 0.131 e. The maximum atomic E-state index is 4.80. The zero-order chi connectivity index (χ0) is 7.68. The quantitative estimate of drug-likeness (QED) is 0.679. The fraction of sp³-hybridized carbons (Fsp3) is 0.125. The van der Waals surface area contributed by atoms with Crippen LogP contribution >= 0.6 is 15.9 Å². The third-order valence-electron chi connectivity index (χ3n) is 1.58. The monoisotopic (exact) mass is 211 g/mol. The average molecular weight is 212 g/mol. The fourth-order valence-corrected chi connectivity index (χ4v) is 1.35. The predicted molar refractivity (Wildman–Crippen MR) is 46.6 cm³/mol. The van der Waals surface area contributed by atoms with E-state index in [2.05, 4.69) is 27.2 Å². The molecule has 2 rings (SSSR count). The normalized spacial score (nSPS) is 10.6. The number of hydrogen-bond donors (Lipinski definition) is 0. The lowest BCUT2D eigenvalue weighted by Gasteiger charge is -1.91. The summed E-state index contributed by atoms with van der Waals surface area (Å²) < 4.78 is 4.80. The molecule has 3 heteroatoms. The average Bonchev–Trinajstić information content (AvgIpc) is 2.50. The second-order valence-electron chi connectivity index (χ2n) is 2.34. The van der Waals surface area contributed by atoms with Gasteiger partial charge in [0, 0.05) is 10.7 Å². The van der Waals surface area contributed by atoms with E-state index in [9.17, 15) is 0 Å². The van der Waals surface area contributed by atoms with Crippen LogP contribution in [0.3, 0.4) is 0 Å². The molecule has 0 aliphatic carbocycles. The van der Waals surface area contributed by atoms with E-state index in [1.165, 1.54) is 5.56 Å². The van der Waals surface area contributed by atoms with E-state index < -0.39 is 0 Å². The summed E-state index contributed by atoms with van der Waals surface area (Å²) in [4.78, 5) is 0. The second-order valence-corrected chi connectivity index (χ2v) is 2.90. The Balaban J connectivity index is 2.67. The molecule has 1 aromatic heterocycles. The molecule has 0 aliphatic heterocycles. The van der Waals surface area contributed by atoms with Gasteiger partial charge in [-0.2, -0.15) is 0 Å². The minimum absolute atomic E-state index is 0.869. The van der Waals surface area contributed by atoms with Crippen LogP contribution in [0.2, 0.25) is 0 Å². The molecule has 0 atom stereocenters. The van der Waals surface area contributed by atoms with Gasteiger partial charge in [0.15, 0.2) is 0 Å². The molecular formula is C8H6BrNO. The van der Waals surface area contributed by atoms with Gasteiger partial charge in [0.1, 0.15) is 11.8 Å². The Morgan fingerprint density at radius 1 is 1.45 bits per heavy atom. The van der Waals surface area contributed by atoms with Gasteiger partial charge < -0.3 is 4.52 Å². The summed E-state index contributed by atoms with van der Waals surface area (Å²) in [5.74, 6) is 0. The van der Waals surface area contributed by atoms with E-state index in [1.54, 1.807) is 6.26 Å². The highest BCUT2D eigenvalue weighted by atomic mass is 79.9. The van der Waals surface area contributed by atoms with Crippen LogP contribution in [0.25, 0.3) is 10.9 Å². The molecule has 1 aromatic carbocycles. The molecule has 1 heterocycles. The summed E-state index contributed by atoms with van der Waals surface area (Å²) in [6, 6.07) is 6.04. The van der Waals surface area contributed by atoms with Gasteiger partial charge >= 0.3 is 0 Å². The number of alkyl halides is 1. The van der Waals surface area contributed by atoms with Crippen molar-refractivity contribution in [2.75, 3.05) is 0 Å². The van der Waals surface area contributed by atoms with Crippen LogP contribution in [-0.4, -0.2) is 5.16 Å². The van der Waals surface area contributed by atoms with Crippen LogP contribution in [0.15, 0.2) is 29.0 Å². The summed E-state index contributed by atoms with van der Waals surface area (Å²) in [7, 11) is 0. The van der Waals surface area contributed by atoms with E-state index in [0.717, 1.165) is 16.2 Å². The van der Waals surface area contributed by atoms with Crippen molar-refractivity contribution in [2.45, 2.75) is 5.33 Å². The number of rotatable bonds is 1. The lowest BCUT2D eigenvalue weighted by molar-refractivity contribution is 0.428. The Bertz CT molecular complexity index is 369. The zero-order valence-corrected chi connectivity index (χ0v) is 7.34. The van der Waals surface area contributed by atoms with Gasteiger partial charge in [0.05, 0.1) is 0 Å². The van der Waals surface area contributed by atoms with Crippen LogP contribution in [-0.2, 0) is 5.33 Å². The maximum absolute atomic E-state index is 4.80. The number of benzene rings is 1. The van der Waals surface area contributed by atoms with Crippen molar-refractivity contribution in [3.63, 3.8) is 0 Å². The molecule has 0 amide bonds. The van der Waals surface area contributed by atoms with Gasteiger partial charge in [-0.25, -0.2) is 0 Å². The summed E-state index contributed by atoms with van der Waals surface area (Å²) in [6.45, 7) is 0. The minimum atomic E-state index is 0.869. The van der Waals surface area contributed by atoms with Crippen molar-refractivity contribution < 1.29 is 4.52 Å². The topological polar surface area (TPSA) is 26.0 Å². The molecule has 0 unspecified atom stereocenters. The summed E-state index contributed by atoms with van der Waals surface area (Å²) in [5, 5.41) is 5.73. The lowest BCUT2D eigenvalue weighted by Crippen LogP contribution is -1.75. The van der Waals surface area contributed by atoms with Crippen LogP contribution in [0, 0.1) is 0 Å². The highest BCUT2D eigenvalue weighted by Gasteiger charge is 1.97. The molecule has 0 saturated carbocycles. The van der Waals surface area contributed by atoms with E-state index in [1.807, 2.05) is 12.1 Å². The first-order valence-electron chi connectivity index (χ1n) is 3.29. The van der Waals surface area contributed by atoms with Crippen molar-refractivity contribution in [3.05, 3.63) is 30.0 Å². The third kappa shape index (κ3) is 1.16. The molecule has 0 aliphatic rings. The first kappa shape index (κ1) is 6.85. The Morgan fingerprint density at radius 2 is 2.36 bits per heavy atom. The Kier molecular flexibility index (Phi) is 1.66. The van der Waals surface area contributed by atoms with Crippen LogP contribution < -0.4 is 0 Å². The highest BCUT2D eigenvalue weighted by Crippen LogP contribution is 2.15. The fourth-order valence-electron chi connectivity index (χ4n) is 1.00. The number of fused-ring (bicyclic) bond motifs is 1. The predicted octanol–water partition coefficient (Wildman–Crippen LogP) is 2.72. The van der Waals surface area contributed by atoms with Gasteiger partial charge in [-0.15, -0.1) is 0 Å². The number of nitrogens with zero attached hydrogens (tertiary/aromatic N) is 1. The van der Waals surface area contributed by atoms with Crippen LogP contribution in [0.4, 0.5) is 0 Å². The molecule has 56 valence electrons. The molecule has 0 fully saturated rings. The van der Waals surface area contributed by atoms with Crippen molar-refractivity contribution in [3.8, 4) is 0 Å². The molecule has 11 heavy (non-hydrogen) atoms. The molecule has 0 N–H and O–H groups in total. The zero-order valence-electron chi connectivity index (χ0n) is 5.75. The highest BCUT2D eigenvalue weighted by molar-refractivity contribution is 9.08. The standard InChI is InChI=1S/C8H6BrNO/c9-4-6-1-2-8-7(3-6)5-11-10-8/h1-3,5H,4H2. The minimum Gasteiger partial charge on any atom is -0.364 e. The molecule has 0 saturated heterocycles. The number of halogens is 1. The molecule has 0 bridgehead atoms. The first-order chi connectivity index (χ1) is 5.40. The van der Waals surface area contributed by atoms with Crippen molar-refractivity contribution in [2.24, 2.45) is 0 Å². The van der Waals surface area contributed by atoms with Crippen molar-refractivity contribution in [1.29, 1.82) is 0 Å². The molecular weight excluding hydrogens is 206 g/mol. The van der Waals surface area contributed by atoms with Gasteiger partial charge in [0.2, 0.25) is 0 Å². The largest absolute Gasteiger partial charge is 0.364 e. The molecule has 2 aromatic rings. The SMILES string of the molecule is BrCc1ccc2nocc2c1. The lowest BCUT2D eigenvalue weighted by atomic mass is 10.2. The molecule has 0 radical (unpaired) electrons. The van der Waals surface area contributed by atoms with Crippen LogP contribution in [0.5, 0.6) is 0 Å². The third-order valence-corrected chi connectivity index (χ3v) is 2.22. The van der Waals surface area contributed by atoms with Crippen molar-refractivity contribution >= 4 is 26.8 Å². The van der Waals surface area contributed by atoms with Gasteiger partial charge in [-0.05, 0) is 17.7 Å². The van der Waals surface area contributed by atoms with Gasteiger partial charge in [-0.1, -0.05) is 27.2 Å². The van der Waals surface area contributed by atoms with E-state index in [-0.39, 0.29) is 0 Å². The van der Waals surface area contributed by atoms with E-state index in [4.69, 9.17) is 4.52 Å². The summed E-state index contributed by atoms with van der Waals surface area (Å²) >= 11 is 3.38. The first-order valence-corrected chi connectivity index (χ1v) is 4.41. The van der Waals surface area contributed by atoms with E-state index >= 15 is 0 Å². The maximum Gasteiger partial charge on any atom is 0.131 e. The van der Waals surface area contributed by atoms with Crippen LogP contribution in [0.1, 0.15) is 5.56 Å². The second kappa shape index (κ2) is 2.66. The molecule has 2 nitrogen and oxygen atoms in total. The van der Waals surface area contributed by atoms with E-state index in [0.29, 0.717) is 0 Å². The Hall–Kier alpha value is -0.830. The Morgan fingerprint density at radius 3 is 3.18 bits per heavy atom. The Labute approximate surface area is 72.3 Å². The van der Waals surface area contributed by atoms with Crippen molar-refractivity contribution in [1.82, 2.24) is 5.16 Å². The van der Waals surface area contributed by atoms with Gasteiger partial charge in [-0.3, -0.25) is 0 Å². The summed E-state index contributed by atoms with van der Waals surface area (Å²) in [6.07, 6.45) is 1.65. The number of aromatic nitrogens is 1.